The van der Waals surface area contributed by atoms with Gasteiger partial charge in [-0.2, -0.15) is 0 Å². The average Bonchev–Trinajstić information content (AvgIpc) is 2.75. The molecule has 102 valence electrons. The van der Waals surface area contributed by atoms with Gasteiger partial charge in [0, 0.05) is 18.6 Å². The van der Waals surface area contributed by atoms with Crippen LogP contribution in [0.4, 0.5) is 0 Å². The number of hydrogen-bond donors (Lipinski definition) is 2. The highest BCUT2D eigenvalue weighted by atomic mass is 16.5. The fourth-order valence-electron chi connectivity index (χ4n) is 2.68. The summed E-state index contributed by atoms with van der Waals surface area (Å²) in [6.07, 6.45) is 1.57. The Morgan fingerprint density at radius 2 is 2.00 bits per heavy atom. The first kappa shape index (κ1) is 13.3. The topological polar surface area (TPSA) is 98.7 Å². The number of nitrogens with zero attached hydrogens (tertiary/aromatic N) is 1. The van der Waals surface area contributed by atoms with Crippen LogP contribution in [0.3, 0.4) is 0 Å². The van der Waals surface area contributed by atoms with E-state index < -0.39 is 0 Å². The number of piperidine rings is 1. The van der Waals surface area contributed by atoms with Crippen molar-refractivity contribution in [1.82, 2.24) is 4.90 Å². The molecule has 0 bridgehead atoms. The van der Waals surface area contributed by atoms with Gasteiger partial charge in [0.25, 0.3) is 0 Å². The second-order valence-electron chi connectivity index (χ2n) is 5.32. The number of hydrogen-bond acceptors (Lipinski definition) is 4. The molecule has 0 aliphatic carbocycles. The molecule has 4 atom stereocenters. The summed E-state index contributed by atoms with van der Waals surface area (Å²) in [4.78, 5) is 25.4. The second kappa shape index (κ2) is 5.24. The van der Waals surface area contributed by atoms with E-state index in [9.17, 15) is 9.59 Å². The highest BCUT2D eigenvalue weighted by Crippen LogP contribution is 2.25. The highest BCUT2D eigenvalue weighted by Gasteiger charge is 2.39. The molecule has 2 aliphatic rings. The lowest BCUT2D eigenvalue weighted by atomic mass is 9.91. The summed E-state index contributed by atoms with van der Waals surface area (Å²) in [5.41, 5.74) is 11.2. The zero-order valence-electron chi connectivity index (χ0n) is 10.7. The van der Waals surface area contributed by atoms with E-state index in [4.69, 9.17) is 16.2 Å². The monoisotopic (exact) mass is 255 g/mol. The summed E-state index contributed by atoms with van der Waals surface area (Å²) in [5.74, 6) is -0.840. The van der Waals surface area contributed by atoms with Gasteiger partial charge >= 0.3 is 0 Å². The Balaban J connectivity index is 2.05. The standard InChI is InChI=1S/C12H21N3O3/c1-7-2-3-8(11(14)16)4-15(7)12(17)9-5-18-6-10(9)13/h7-10H,2-6,13H2,1H3,(H2,14,16). The summed E-state index contributed by atoms with van der Waals surface area (Å²) >= 11 is 0. The fraction of sp³-hybridized carbons (Fsp3) is 0.833. The van der Waals surface area contributed by atoms with Gasteiger partial charge in [-0.3, -0.25) is 9.59 Å². The first-order valence-corrected chi connectivity index (χ1v) is 6.43. The average molecular weight is 255 g/mol. The third kappa shape index (κ3) is 2.49. The molecule has 0 radical (unpaired) electrons. The molecule has 0 aromatic carbocycles. The number of amides is 2. The number of rotatable bonds is 2. The molecule has 6 nitrogen and oxygen atoms in total. The lowest BCUT2D eigenvalue weighted by Crippen LogP contribution is -2.52. The van der Waals surface area contributed by atoms with Crippen LogP contribution >= 0.6 is 0 Å². The van der Waals surface area contributed by atoms with Crippen LogP contribution in [0.15, 0.2) is 0 Å². The van der Waals surface area contributed by atoms with Gasteiger partial charge in [0.15, 0.2) is 0 Å². The molecule has 0 aromatic heterocycles. The summed E-state index contributed by atoms with van der Waals surface area (Å²) in [5, 5.41) is 0. The van der Waals surface area contributed by atoms with Crippen molar-refractivity contribution in [2.45, 2.75) is 31.8 Å². The molecule has 6 heteroatoms. The molecule has 0 spiro atoms. The third-order valence-electron chi connectivity index (χ3n) is 4.01. The molecule has 0 saturated carbocycles. The van der Waals surface area contributed by atoms with E-state index in [1.54, 1.807) is 4.90 Å². The lowest BCUT2D eigenvalue weighted by Gasteiger charge is -2.38. The van der Waals surface area contributed by atoms with Crippen LogP contribution in [-0.2, 0) is 14.3 Å². The molecule has 4 N–H and O–H groups in total. The molecule has 2 amide bonds. The van der Waals surface area contributed by atoms with Crippen LogP contribution in [0.2, 0.25) is 0 Å². The predicted octanol–water partition coefficient (Wildman–Crippen LogP) is -0.927. The van der Waals surface area contributed by atoms with Crippen molar-refractivity contribution < 1.29 is 14.3 Å². The van der Waals surface area contributed by atoms with Gasteiger partial charge in [0.2, 0.25) is 11.8 Å². The Bertz CT molecular complexity index is 347. The van der Waals surface area contributed by atoms with Crippen molar-refractivity contribution in [3.05, 3.63) is 0 Å². The fourth-order valence-corrected chi connectivity index (χ4v) is 2.68. The molecule has 2 saturated heterocycles. The Morgan fingerprint density at radius 3 is 2.56 bits per heavy atom. The SMILES string of the molecule is CC1CCC(C(N)=O)CN1C(=O)C1COCC1N. The van der Waals surface area contributed by atoms with Crippen molar-refractivity contribution >= 4 is 11.8 Å². The summed E-state index contributed by atoms with van der Waals surface area (Å²) in [7, 11) is 0. The van der Waals surface area contributed by atoms with Gasteiger partial charge in [0.1, 0.15) is 0 Å². The molecule has 2 rings (SSSR count). The predicted molar refractivity (Wildman–Crippen MR) is 65.4 cm³/mol. The molecular weight excluding hydrogens is 234 g/mol. The molecule has 2 fully saturated rings. The quantitative estimate of drug-likeness (QED) is 0.666. The molecular formula is C12H21N3O3. The zero-order chi connectivity index (χ0) is 13.3. The number of carbonyl (C=O) groups excluding carboxylic acids is 2. The van der Waals surface area contributed by atoms with Gasteiger partial charge in [0.05, 0.1) is 25.0 Å². The minimum absolute atomic E-state index is 0.00144. The molecule has 18 heavy (non-hydrogen) atoms. The Labute approximate surface area is 107 Å². The largest absolute Gasteiger partial charge is 0.379 e. The van der Waals surface area contributed by atoms with Crippen molar-refractivity contribution in [1.29, 1.82) is 0 Å². The number of likely N-dealkylation sites (tertiary alicyclic amines) is 1. The molecule has 2 aliphatic heterocycles. The van der Waals surface area contributed by atoms with E-state index in [1.165, 1.54) is 0 Å². The van der Waals surface area contributed by atoms with Crippen LogP contribution in [-0.4, -0.2) is 48.6 Å². The van der Waals surface area contributed by atoms with Crippen LogP contribution in [0.1, 0.15) is 19.8 Å². The smallest absolute Gasteiger partial charge is 0.229 e. The van der Waals surface area contributed by atoms with Gasteiger partial charge in [-0.25, -0.2) is 0 Å². The van der Waals surface area contributed by atoms with Crippen LogP contribution in [0.5, 0.6) is 0 Å². The van der Waals surface area contributed by atoms with E-state index in [2.05, 4.69) is 0 Å². The van der Waals surface area contributed by atoms with Gasteiger partial charge in [-0.15, -0.1) is 0 Å². The van der Waals surface area contributed by atoms with Crippen molar-refractivity contribution in [3.8, 4) is 0 Å². The maximum atomic E-state index is 12.4. The van der Waals surface area contributed by atoms with Crippen molar-refractivity contribution in [2.75, 3.05) is 19.8 Å². The highest BCUT2D eigenvalue weighted by molar-refractivity contribution is 5.82. The van der Waals surface area contributed by atoms with Gasteiger partial charge < -0.3 is 21.1 Å². The maximum absolute atomic E-state index is 12.4. The van der Waals surface area contributed by atoms with Crippen molar-refractivity contribution in [2.24, 2.45) is 23.3 Å². The van der Waals surface area contributed by atoms with Crippen LogP contribution in [0.25, 0.3) is 0 Å². The zero-order valence-corrected chi connectivity index (χ0v) is 10.7. The minimum Gasteiger partial charge on any atom is -0.379 e. The van der Waals surface area contributed by atoms with Gasteiger partial charge in [-0.1, -0.05) is 0 Å². The maximum Gasteiger partial charge on any atom is 0.229 e. The van der Waals surface area contributed by atoms with E-state index in [0.717, 1.165) is 12.8 Å². The number of primary amides is 1. The summed E-state index contributed by atoms with van der Waals surface area (Å²) in [6.45, 7) is 3.22. The van der Waals surface area contributed by atoms with Crippen LogP contribution in [0, 0.1) is 11.8 Å². The lowest BCUT2D eigenvalue weighted by molar-refractivity contribution is -0.141. The van der Waals surface area contributed by atoms with E-state index in [0.29, 0.717) is 19.8 Å². The van der Waals surface area contributed by atoms with Crippen molar-refractivity contribution in [3.63, 3.8) is 0 Å². The summed E-state index contributed by atoms with van der Waals surface area (Å²) < 4.78 is 5.23. The first-order valence-electron chi connectivity index (χ1n) is 6.43. The van der Waals surface area contributed by atoms with Gasteiger partial charge in [-0.05, 0) is 19.8 Å². The second-order valence-corrected chi connectivity index (χ2v) is 5.32. The minimum atomic E-state index is -0.327. The number of carbonyl (C=O) groups is 2. The Hall–Kier alpha value is -1.14. The summed E-state index contributed by atoms with van der Waals surface area (Å²) in [6, 6.07) is -0.0976. The third-order valence-corrected chi connectivity index (χ3v) is 4.01. The molecule has 0 aromatic rings. The molecule has 4 unspecified atom stereocenters. The van der Waals surface area contributed by atoms with E-state index in [1.807, 2.05) is 6.92 Å². The van der Waals surface area contributed by atoms with E-state index in [-0.39, 0.29) is 35.7 Å². The number of nitrogens with two attached hydrogens (primary N) is 2. The number of ether oxygens (including phenoxy) is 1. The Kier molecular flexibility index (Phi) is 3.87. The van der Waals surface area contributed by atoms with E-state index >= 15 is 0 Å². The van der Waals surface area contributed by atoms with Crippen LogP contribution < -0.4 is 11.5 Å². The Morgan fingerprint density at radius 1 is 1.28 bits per heavy atom. The molecule has 2 heterocycles. The first-order chi connectivity index (χ1) is 8.50. The normalized spacial score (nSPS) is 36.7.